The minimum Gasteiger partial charge on any atom is -0.395 e. The Morgan fingerprint density at radius 3 is 2.89 bits per heavy atom. The van der Waals surface area contributed by atoms with Gasteiger partial charge in [-0.2, -0.15) is 0 Å². The monoisotopic (exact) mass is 262 g/mol. The van der Waals surface area contributed by atoms with Crippen molar-refractivity contribution in [3.63, 3.8) is 0 Å². The lowest BCUT2D eigenvalue weighted by atomic mass is 10.3. The highest BCUT2D eigenvalue weighted by Crippen LogP contribution is 2.21. The summed E-state index contributed by atoms with van der Waals surface area (Å²) < 4.78 is 2.02. The first-order chi connectivity index (χ1) is 9.31. The number of fused-ring (bicyclic) bond motifs is 1. The molecule has 0 unspecified atom stereocenters. The fourth-order valence-corrected chi connectivity index (χ4v) is 2.27. The van der Waals surface area contributed by atoms with Crippen LogP contribution in [-0.4, -0.2) is 34.2 Å². The number of imidazole rings is 1. The fraction of sp³-hybridized carbons (Fsp3) is 0.500. The molecule has 19 heavy (non-hydrogen) atoms. The fourth-order valence-electron chi connectivity index (χ4n) is 2.27. The molecule has 0 aromatic carbocycles. The van der Waals surface area contributed by atoms with Gasteiger partial charge in [0.2, 0.25) is 0 Å². The van der Waals surface area contributed by atoms with E-state index in [1.807, 2.05) is 28.8 Å². The molecule has 0 amide bonds. The third-order valence-electron chi connectivity index (χ3n) is 3.25. The van der Waals surface area contributed by atoms with Gasteiger partial charge in [-0.05, 0) is 18.6 Å². The molecule has 3 N–H and O–H groups in total. The number of rotatable bonds is 7. The van der Waals surface area contributed by atoms with Crippen LogP contribution in [0, 0.1) is 0 Å². The molecular weight excluding hydrogens is 240 g/mol. The van der Waals surface area contributed by atoms with E-state index in [2.05, 4.69) is 16.8 Å². The lowest BCUT2D eigenvalue weighted by Crippen LogP contribution is -2.29. The van der Waals surface area contributed by atoms with Crippen LogP contribution in [0.1, 0.15) is 25.5 Å². The van der Waals surface area contributed by atoms with Gasteiger partial charge in [0.15, 0.2) is 5.82 Å². The van der Waals surface area contributed by atoms with Crippen molar-refractivity contribution in [2.45, 2.75) is 26.3 Å². The van der Waals surface area contributed by atoms with Crippen molar-refractivity contribution in [1.82, 2.24) is 9.38 Å². The van der Waals surface area contributed by atoms with E-state index in [4.69, 9.17) is 5.73 Å². The van der Waals surface area contributed by atoms with Gasteiger partial charge in [-0.1, -0.05) is 19.4 Å². The normalized spacial score (nSPS) is 11.1. The van der Waals surface area contributed by atoms with Gasteiger partial charge in [0, 0.05) is 25.8 Å². The van der Waals surface area contributed by atoms with Crippen LogP contribution in [0.3, 0.4) is 0 Å². The molecule has 5 nitrogen and oxygen atoms in total. The lowest BCUT2D eigenvalue weighted by Gasteiger charge is -2.22. The lowest BCUT2D eigenvalue weighted by molar-refractivity contribution is 0.301. The molecule has 2 rings (SSSR count). The van der Waals surface area contributed by atoms with Crippen LogP contribution in [0.5, 0.6) is 0 Å². The molecule has 0 aliphatic rings. The largest absolute Gasteiger partial charge is 0.395 e. The van der Waals surface area contributed by atoms with Gasteiger partial charge < -0.3 is 20.1 Å². The molecule has 5 heteroatoms. The molecule has 0 aliphatic carbocycles. The SMILES string of the molecule is CCCCN(CCO)c1nc2ccccn2c1CN. The molecule has 0 spiro atoms. The Morgan fingerprint density at radius 1 is 1.37 bits per heavy atom. The summed E-state index contributed by atoms with van der Waals surface area (Å²) in [6.07, 6.45) is 4.18. The molecule has 0 aliphatic heterocycles. The first-order valence-electron chi connectivity index (χ1n) is 6.83. The Labute approximate surface area is 113 Å². The standard InChI is InChI=1S/C14H22N4O/c1-2-3-7-17(9-10-19)14-12(11-15)18-8-5-4-6-13(18)16-14/h4-6,8,19H,2-3,7,9-11,15H2,1H3. The van der Waals surface area contributed by atoms with Crippen LogP contribution in [0.2, 0.25) is 0 Å². The molecule has 0 saturated carbocycles. The predicted octanol–water partition coefficient (Wildman–Crippen LogP) is 1.39. The number of pyridine rings is 1. The maximum Gasteiger partial charge on any atom is 0.152 e. The van der Waals surface area contributed by atoms with Gasteiger partial charge in [0.05, 0.1) is 12.3 Å². The second kappa shape index (κ2) is 6.54. The van der Waals surface area contributed by atoms with Gasteiger partial charge in [-0.25, -0.2) is 4.98 Å². The van der Waals surface area contributed by atoms with Gasteiger partial charge in [0.1, 0.15) is 5.65 Å². The second-order valence-corrected chi connectivity index (χ2v) is 4.58. The zero-order valence-corrected chi connectivity index (χ0v) is 11.4. The van der Waals surface area contributed by atoms with Gasteiger partial charge in [-0.15, -0.1) is 0 Å². The van der Waals surface area contributed by atoms with Gasteiger partial charge in [0.25, 0.3) is 0 Å². The minimum absolute atomic E-state index is 0.127. The maximum absolute atomic E-state index is 9.23. The molecule has 104 valence electrons. The summed E-state index contributed by atoms with van der Waals surface area (Å²) >= 11 is 0. The average molecular weight is 262 g/mol. The van der Waals surface area contributed by atoms with Crippen LogP contribution < -0.4 is 10.6 Å². The number of unbranched alkanes of at least 4 members (excludes halogenated alkanes) is 1. The van der Waals surface area contributed by atoms with E-state index in [-0.39, 0.29) is 6.61 Å². The summed E-state index contributed by atoms with van der Waals surface area (Å²) in [7, 11) is 0. The van der Waals surface area contributed by atoms with E-state index in [1.165, 1.54) is 0 Å². The van der Waals surface area contributed by atoms with Crippen molar-refractivity contribution in [3.05, 3.63) is 30.1 Å². The van der Waals surface area contributed by atoms with E-state index >= 15 is 0 Å². The summed E-state index contributed by atoms with van der Waals surface area (Å²) in [6.45, 7) is 4.21. The third kappa shape index (κ3) is 2.88. The van der Waals surface area contributed by atoms with E-state index in [0.717, 1.165) is 36.5 Å². The first-order valence-corrected chi connectivity index (χ1v) is 6.83. The molecule has 0 bridgehead atoms. The summed E-state index contributed by atoms with van der Waals surface area (Å²) in [6, 6.07) is 5.91. The first kappa shape index (κ1) is 13.8. The van der Waals surface area contributed by atoms with Crippen molar-refractivity contribution in [3.8, 4) is 0 Å². The van der Waals surface area contributed by atoms with Gasteiger partial charge in [-0.3, -0.25) is 0 Å². The number of nitrogens with zero attached hydrogens (tertiary/aromatic N) is 3. The molecule has 0 atom stereocenters. The highest BCUT2D eigenvalue weighted by atomic mass is 16.3. The van der Waals surface area contributed by atoms with E-state index < -0.39 is 0 Å². The zero-order chi connectivity index (χ0) is 13.7. The molecule has 0 saturated heterocycles. The second-order valence-electron chi connectivity index (χ2n) is 4.58. The van der Waals surface area contributed by atoms with Crippen LogP contribution in [0.4, 0.5) is 5.82 Å². The Morgan fingerprint density at radius 2 is 2.21 bits per heavy atom. The Balaban J connectivity index is 2.39. The van der Waals surface area contributed by atoms with E-state index in [9.17, 15) is 5.11 Å². The average Bonchev–Trinajstić information content (AvgIpc) is 2.81. The summed E-state index contributed by atoms with van der Waals surface area (Å²) in [5.41, 5.74) is 7.77. The predicted molar refractivity (Wildman–Crippen MR) is 77.3 cm³/mol. The molecule has 2 aromatic heterocycles. The number of hydrogen-bond acceptors (Lipinski definition) is 4. The van der Waals surface area contributed by atoms with Crippen LogP contribution in [0.15, 0.2) is 24.4 Å². The third-order valence-corrected chi connectivity index (χ3v) is 3.25. The zero-order valence-electron chi connectivity index (χ0n) is 11.4. The Hall–Kier alpha value is -1.59. The Kier molecular flexibility index (Phi) is 4.76. The number of aromatic nitrogens is 2. The molecule has 0 radical (unpaired) electrons. The van der Waals surface area contributed by atoms with Crippen molar-refractivity contribution in [2.75, 3.05) is 24.6 Å². The molecule has 0 fully saturated rings. The van der Waals surface area contributed by atoms with Crippen molar-refractivity contribution in [1.29, 1.82) is 0 Å². The quantitative estimate of drug-likeness (QED) is 0.791. The molecule has 2 aromatic rings. The summed E-state index contributed by atoms with van der Waals surface area (Å²) in [5, 5.41) is 9.23. The summed E-state index contributed by atoms with van der Waals surface area (Å²) in [4.78, 5) is 6.78. The topological polar surface area (TPSA) is 66.8 Å². The van der Waals surface area contributed by atoms with Crippen LogP contribution in [0.25, 0.3) is 5.65 Å². The minimum atomic E-state index is 0.127. The smallest absolute Gasteiger partial charge is 0.152 e. The summed E-state index contributed by atoms with van der Waals surface area (Å²) in [5.74, 6) is 0.899. The molecule has 2 heterocycles. The number of aliphatic hydroxyl groups is 1. The highest BCUT2D eigenvalue weighted by Gasteiger charge is 2.16. The van der Waals surface area contributed by atoms with Gasteiger partial charge >= 0.3 is 0 Å². The van der Waals surface area contributed by atoms with E-state index in [0.29, 0.717) is 13.1 Å². The highest BCUT2D eigenvalue weighted by molar-refractivity contribution is 5.56. The number of hydrogen-bond donors (Lipinski definition) is 2. The van der Waals surface area contributed by atoms with Crippen LogP contribution >= 0.6 is 0 Å². The molecular formula is C14H22N4O. The van der Waals surface area contributed by atoms with Crippen LogP contribution in [-0.2, 0) is 6.54 Å². The van der Waals surface area contributed by atoms with Crippen molar-refractivity contribution >= 4 is 11.5 Å². The maximum atomic E-state index is 9.23. The van der Waals surface area contributed by atoms with Crippen molar-refractivity contribution in [2.24, 2.45) is 5.73 Å². The van der Waals surface area contributed by atoms with E-state index in [1.54, 1.807) is 0 Å². The number of anilines is 1. The number of aliphatic hydroxyl groups excluding tert-OH is 1. The Bertz CT molecular complexity index is 523. The number of nitrogens with two attached hydrogens (primary N) is 1. The van der Waals surface area contributed by atoms with Crippen molar-refractivity contribution < 1.29 is 5.11 Å².